The first-order valence-electron chi connectivity index (χ1n) is 50.2. The fourth-order valence-corrected chi connectivity index (χ4v) is 21.0. The van der Waals surface area contributed by atoms with Crippen molar-refractivity contribution in [3.63, 3.8) is 0 Å². The lowest BCUT2D eigenvalue weighted by molar-refractivity contribution is -0.147. The van der Waals surface area contributed by atoms with Crippen molar-refractivity contribution in [2.45, 2.75) is 303 Å². The smallest absolute Gasteiger partial charge is 0.409 e. The number of carbonyl (C=O) groups excluding carboxylic acids is 18. The number of carbonyl (C=O) groups is 21. The third-order valence-electron chi connectivity index (χ3n) is 27.7. The lowest BCUT2D eigenvalue weighted by Crippen LogP contribution is -2.67. The molecular formula is C103H134N18O25S2. The van der Waals surface area contributed by atoms with Crippen LogP contribution in [-0.2, 0) is 122 Å². The fraction of sp³-hybridized carbons (Fsp3) is 0.524. The Labute approximate surface area is 863 Å². The number of primary amides is 1. The van der Waals surface area contributed by atoms with E-state index >= 15 is 43.2 Å². The molecule has 0 radical (unpaired) electrons. The Bertz CT molecular complexity index is 5770. The van der Waals surface area contributed by atoms with Gasteiger partial charge in [-0.05, 0) is 217 Å². The fourth-order valence-electron chi connectivity index (χ4n) is 19.3. The van der Waals surface area contributed by atoms with E-state index in [4.69, 9.17) is 10.5 Å². The molecule has 14 atom stereocenters. The SMILES string of the molecule is CC(=O)N1CCC[C@]12C/C=C/CCC[C@]1(CCC/C=C\CCCOC(=O)N3CC[C@@]4(C3)NC(=O)[C@H](CCCCNC(=O)CC[C@@H](C(=O)N[C@@H](C)C(N)=O)NC(=O)[C@H](Cc3csc5ccccc35)NC(=O)[C@H](Cc3ccsc3)NC4=O)NC(=O)[C@H](Cc3ccccc3)NC(=O)[C@H](C)NC(=O)C(C)(C)NC(=O)[C@H](Cc3cccc(C(=O)O)c3)NC(=O)[C@H](CC(=O)O)NC1=O)NC(=O)[C@H](C1CCCCC1)NC(=O)[C@H](CC(=O)O)NC2=O. The third kappa shape index (κ3) is 31.5. The molecule has 4 fully saturated rings. The molecular weight excluding hydrogens is 1950 g/mol. The number of cyclic esters (lactones) is 1. The number of carboxylic acid groups (broad SMARTS) is 3. The molecule has 45 heteroatoms. The minimum Gasteiger partial charge on any atom is -0.481 e. The maximum absolute atomic E-state index is 16.2. The number of allylic oxidation sites excluding steroid dienone is 3. The van der Waals surface area contributed by atoms with Gasteiger partial charge < -0.3 is 115 Å². The number of ether oxygens (including phenoxy) is 1. The van der Waals surface area contributed by atoms with Crippen molar-refractivity contribution in [2.75, 3.05) is 32.8 Å². The number of fused-ring (bicyclic) bond motifs is 4. The minimum absolute atomic E-state index is 0.0153. The number of rotatable bonds is 17. The van der Waals surface area contributed by atoms with Crippen LogP contribution in [0, 0.1) is 5.92 Å². The Morgan fingerprint density at radius 2 is 1.09 bits per heavy atom. The minimum atomic E-state index is -2.22. The topological polar surface area (TPSA) is 641 Å². The number of amides is 18. The number of benzene rings is 3. The van der Waals surface area contributed by atoms with E-state index in [1.54, 1.807) is 82.9 Å². The van der Waals surface area contributed by atoms with Gasteiger partial charge in [-0.3, -0.25) is 91.1 Å². The molecule has 11 rings (SSSR count). The zero-order valence-electron chi connectivity index (χ0n) is 83.5. The number of nitrogens with zero attached hydrogens (tertiary/aromatic N) is 2. The summed E-state index contributed by atoms with van der Waals surface area (Å²) >= 11 is 2.61. The second-order valence-electron chi connectivity index (χ2n) is 39.3. The van der Waals surface area contributed by atoms with Crippen LogP contribution in [0.5, 0.6) is 0 Å². The van der Waals surface area contributed by atoms with Crippen molar-refractivity contribution in [1.82, 2.24) is 89.6 Å². The zero-order valence-corrected chi connectivity index (χ0v) is 85.1. The molecule has 18 amide bonds. The summed E-state index contributed by atoms with van der Waals surface area (Å²) in [4.78, 5) is 310. The largest absolute Gasteiger partial charge is 0.481 e. The van der Waals surface area contributed by atoms with Gasteiger partial charge >= 0.3 is 24.0 Å². The summed E-state index contributed by atoms with van der Waals surface area (Å²) in [6.45, 7) is 5.10. The van der Waals surface area contributed by atoms with Gasteiger partial charge in [0.2, 0.25) is 100 Å². The average molecular weight is 2090 g/mol. The second kappa shape index (κ2) is 53.2. The predicted molar refractivity (Wildman–Crippen MR) is 540 cm³/mol. The van der Waals surface area contributed by atoms with Crippen LogP contribution in [0.3, 0.4) is 0 Å². The Morgan fingerprint density at radius 1 is 0.514 bits per heavy atom. The summed E-state index contributed by atoms with van der Waals surface area (Å²) in [7, 11) is 0. The molecule has 5 aromatic rings. The Balaban J connectivity index is 0.975. The quantitative estimate of drug-likeness (QED) is 0.0595. The van der Waals surface area contributed by atoms with E-state index in [1.165, 1.54) is 86.5 Å². The van der Waals surface area contributed by atoms with Gasteiger partial charge in [0.15, 0.2) is 0 Å². The lowest BCUT2D eigenvalue weighted by atomic mass is 9.81. The molecule has 6 aliphatic rings. The van der Waals surface area contributed by atoms with Crippen LogP contribution < -0.4 is 85.5 Å². The first-order valence-corrected chi connectivity index (χ1v) is 52.0. The summed E-state index contributed by atoms with van der Waals surface area (Å²) in [6.07, 6.45) is 3.81. The van der Waals surface area contributed by atoms with Crippen LogP contribution in [0.2, 0.25) is 0 Å². The van der Waals surface area contributed by atoms with Crippen LogP contribution in [0.1, 0.15) is 221 Å². The maximum Gasteiger partial charge on any atom is 0.409 e. The van der Waals surface area contributed by atoms with Crippen molar-refractivity contribution < 1.29 is 121 Å². The molecule has 7 heterocycles. The van der Waals surface area contributed by atoms with Crippen LogP contribution in [0.4, 0.5) is 4.79 Å². The van der Waals surface area contributed by atoms with E-state index in [1.807, 2.05) is 18.2 Å². The monoisotopic (exact) mass is 2090 g/mol. The molecule has 43 nitrogen and oxygen atoms in total. The highest BCUT2D eigenvalue weighted by Crippen LogP contribution is 2.37. The summed E-state index contributed by atoms with van der Waals surface area (Å²) < 4.78 is 6.73. The zero-order chi connectivity index (χ0) is 107. The molecule has 5 aliphatic heterocycles. The molecule has 3 aromatic carbocycles. The normalized spacial score (nSPS) is 27.2. The van der Waals surface area contributed by atoms with E-state index < -0.39 is 251 Å². The molecule has 1 aliphatic carbocycles. The number of nitrogens with two attached hydrogens (primary N) is 1. The van der Waals surface area contributed by atoms with Crippen molar-refractivity contribution in [1.29, 1.82) is 0 Å². The summed E-state index contributed by atoms with van der Waals surface area (Å²) in [5, 5.41) is 77.6. The third-order valence-corrected chi connectivity index (χ3v) is 29.5. The molecule has 2 aromatic heterocycles. The summed E-state index contributed by atoms with van der Waals surface area (Å²) in [5.41, 5.74) is -1.18. The number of likely N-dealkylation sites (tertiary alicyclic amines) is 1. The molecule has 0 unspecified atom stereocenters. The average Bonchev–Trinajstić information content (AvgIpc) is 1.64. The van der Waals surface area contributed by atoms with Crippen molar-refractivity contribution in [3.05, 3.63) is 153 Å². The van der Waals surface area contributed by atoms with Crippen molar-refractivity contribution in [2.24, 2.45) is 11.7 Å². The van der Waals surface area contributed by atoms with Crippen LogP contribution in [-0.4, -0.2) is 271 Å². The Hall–Kier alpha value is -14.5. The van der Waals surface area contributed by atoms with Gasteiger partial charge in [-0.2, -0.15) is 11.3 Å². The number of thiophene rings is 2. The van der Waals surface area contributed by atoms with Gasteiger partial charge in [0.05, 0.1) is 31.6 Å². The van der Waals surface area contributed by atoms with E-state index in [0.29, 0.717) is 48.8 Å². The highest BCUT2D eigenvalue weighted by atomic mass is 32.1. The van der Waals surface area contributed by atoms with Crippen molar-refractivity contribution in [3.8, 4) is 0 Å². The summed E-state index contributed by atoms with van der Waals surface area (Å²) in [5.74, 6) is -21.8. The molecule has 148 heavy (non-hydrogen) atoms. The number of carboxylic acids is 3. The highest BCUT2D eigenvalue weighted by molar-refractivity contribution is 7.17. The van der Waals surface area contributed by atoms with Gasteiger partial charge in [-0.25, -0.2) is 9.59 Å². The van der Waals surface area contributed by atoms with Crippen LogP contribution in [0.25, 0.3) is 10.1 Å². The first-order chi connectivity index (χ1) is 70.5. The molecule has 20 N–H and O–H groups in total. The van der Waals surface area contributed by atoms with E-state index in [2.05, 4.69) is 79.8 Å². The van der Waals surface area contributed by atoms with Gasteiger partial charge in [0.25, 0.3) is 0 Å². The molecule has 3 saturated heterocycles. The molecule has 1 saturated carbocycles. The Morgan fingerprint density at radius 3 is 1.77 bits per heavy atom. The molecule has 3 bridgehead atoms. The standard InChI is InChI=1S/C103H134N18O25S2/c1-60(83(104)128)106-85(130)71-37-38-79(123)105-45-24-20-35-70-91(136)118-102(97(143)113-73(53-65-39-49-147-57-65)87(132)112-75(88(133)109-71)54-68-58-148-78-36-19-18-34-69(68)78)44-47-120(59-102)99(145)146-48-25-11-7-6-8-21-40-101(41-22-9-10-23-42-103(43-27-46-121(103)62(3)122)98(144)115-77(56-81(126)127)90(135)116-82(93(138)119-101)66-31-16-13-17-32-66)96(142)114-76(55-80(124)125)89(134)111-74(52-64-30-26-33-67(50-64)94(139)140)92(137)117-100(4,5)95(141)107-61(2)84(129)110-72(86(131)108-70)51-63-28-14-12-15-29-63/h6-7,10,12,14-15,18-19,23,26,28-30,33-34,36,39,49-50,57-58,60-61,66,70-77,82H,8-9,11,13,16-17,20-22,24-25,27,31-32,35,37-38,40-48,51-56,59H2,1-5H3,(H2,104,128)(H,105,123)(H,106,130)(H,107,141)(H,108,131)(H,109,133)(H,110,129)(H,111,134)(H,112,132)(H,113,143)(H,114,142)(H,115,144)(H,116,135)(H,117,137)(H,118,136)(H,119,138)(H,124,125)(H,126,127)(H,139,140)/b7-6-,23-10+/t60-,61-,70-,71-,72-,73-,74-,75-,76-,77-,82-,101-,102-,103-/m0/s1. The maximum atomic E-state index is 16.2. The van der Waals surface area contributed by atoms with Gasteiger partial charge in [-0.15, -0.1) is 11.3 Å². The van der Waals surface area contributed by atoms with Gasteiger partial charge in [0.1, 0.15) is 88.6 Å². The highest BCUT2D eigenvalue weighted by Gasteiger charge is 2.53. The lowest BCUT2D eigenvalue weighted by Gasteiger charge is -2.39. The van der Waals surface area contributed by atoms with Crippen molar-refractivity contribution >= 4 is 157 Å². The van der Waals surface area contributed by atoms with Gasteiger partial charge in [-0.1, -0.05) is 104 Å². The Kier molecular flexibility index (Phi) is 40.9. The first kappa shape index (κ1) is 114. The number of aliphatic carboxylic acids is 2. The number of hydrogen-bond donors (Lipinski definition) is 19. The van der Waals surface area contributed by atoms with E-state index in [0.717, 1.165) is 21.4 Å². The van der Waals surface area contributed by atoms with Crippen LogP contribution >= 0.6 is 22.7 Å². The number of aromatic carboxylic acids is 1. The number of nitrogens with one attached hydrogen (secondary N) is 15. The predicted octanol–water partition coefficient (Wildman–Crippen LogP) is 2.88. The second-order valence-corrected chi connectivity index (χ2v) is 41.0. The van der Waals surface area contributed by atoms with E-state index in [-0.39, 0.29) is 153 Å². The van der Waals surface area contributed by atoms with E-state index in [9.17, 15) is 72.9 Å². The summed E-state index contributed by atoms with van der Waals surface area (Å²) in [6, 6.07) is 4.05. The molecule has 3 spiro atoms. The number of hydrogen-bond acceptors (Lipinski definition) is 24. The van der Waals surface area contributed by atoms with Gasteiger partial charge in [0, 0.05) is 63.4 Å². The van der Waals surface area contributed by atoms with Crippen LogP contribution in [0.15, 0.2) is 125 Å². The molecule has 798 valence electrons.